The summed E-state index contributed by atoms with van der Waals surface area (Å²) in [5, 5.41) is 3.33. The number of likely N-dealkylation sites (tertiary alicyclic amines) is 2. The van der Waals surface area contributed by atoms with E-state index in [0.717, 1.165) is 58.2 Å². The molecule has 0 aromatic heterocycles. The fourth-order valence-corrected chi connectivity index (χ4v) is 6.09. The number of nitrogens with zero attached hydrogens (tertiary/aromatic N) is 2. The Morgan fingerprint density at radius 1 is 0.848 bits per heavy atom. The quantitative estimate of drug-likeness (QED) is 0.749. The molecule has 2 aromatic carbocycles. The van der Waals surface area contributed by atoms with Crippen LogP contribution in [0.4, 0.5) is 0 Å². The number of rotatable bonds is 5. The number of piperidine rings is 1. The molecule has 2 saturated heterocycles. The largest absolute Gasteiger partial charge is 0.351 e. The Morgan fingerprint density at radius 2 is 1.52 bits per heavy atom. The van der Waals surface area contributed by atoms with Crippen LogP contribution in [0.2, 0.25) is 0 Å². The lowest BCUT2D eigenvalue weighted by atomic mass is 9.84. The zero-order chi connectivity index (χ0) is 22.6. The van der Waals surface area contributed by atoms with E-state index in [0.29, 0.717) is 11.5 Å². The Morgan fingerprint density at radius 3 is 2.24 bits per heavy atom. The maximum absolute atomic E-state index is 13.5. The van der Waals surface area contributed by atoms with Crippen LogP contribution < -0.4 is 5.32 Å². The van der Waals surface area contributed by atoms with Gasteiger partial charge in [-0.05, 0) is 55.7 Å². The van der Waals surface area contributed by atoms with Crippen molar-refractivity contribution in [3.63, 3.8) is 0 Å². The molecule has 0 radical (unpaired) electrons. The fraction of sp³-hybridized carbons (Fsp3) is 0.500. The van der Waals surface area contributed by atoms with Crippen molar-refractivity contribution in [2.24, 2.45) is 5.92 Å². The molecule has 2 amide bonds. The highest BCUT2D eigenvalue weighted by atomic mass is 16.2. The van der Waals surface area contributed by atoms with Crippen LogP contribution in [0, 0.1) is 5.92 Å². The van der Waals surface area contributed by atoms with Crippen molar-refractivity contribution in [1.82, 2.24) is 15.1 Å². The van der Waals surface area contributed by atoms with E-state index in [-0.39, 0.29) is 29.9 Å². The van der Waals surface area contributed by atoms with E-state index in [9.17, 15) is 9.59 Å². The molecule has 3 atom stereocenters. The van der Waals surface area contributed by atoms with E-state index in [1.54, 1.807) is 0 Å². The predicted molar refractivity (Wildman–Crippen MR) is 130 cm³/mol. The molecule has 33 heavy (non-hydrogen) atoms. The minimum atomic E-state index is -0.340. The summed E-state index contributed by atoms with van der Waals surface area (Å²) in [6.07, 6.45) is 7.24. The second-order valence-electron chi connectivity index (χ2n) is 9.99. The van der Waals surface area contributed by atoms with Crippen LogP contribution in [0.5, 0.6) is 0 Å². The van der Waals surface area contributed by atoms with Crippen LogP contribution in [0.1, 0.15) is 60.9 Å². The lowest BCUT2D eigenvalue weighted by Crippen LogP contribution is -2.53. The molecule has 3 aliphatic rings. The molecule has 1 N–H and O–H groups in total. The van der Waals surface area contributed by atoms with Crippen molar-refractivity contribution in [3.05, 3.63) is 71.8 Å². The lowest BCUT2D eigenvalue weighted by molar-refractivity contribution is -0.126. The zero-order valence-corrected chi connectivity index (χ0v) is 19.4. The molecule has 2 heterocycles. The number of fused-ring (bicyclic) bond motifs is 1. The summed E-state index contributed by atoms with van der Waals surface area (Å²) in [7, 11) is 0. The fourth-order valence-electron chi connectivity index (χ4n) is 6.09. The minimum Gasteiger partial charge on any atom is -0.351 e. The second-order valence-corrected chi connectivity index (χ2v) is 9.99. The summed E-state index contributed by atoms with van der Waals surface area (Å²) in [6, 6.07) is 20.1. The standard InChI is InChI=1S/C28H35N3O2/c32-27(29-24-15-17-30(18-16-24)20-21-9-3-1-4-10-21)26-19-23-13-7-8-14-25(23)31(26)28(33)22-11-5-2-6-12-22/h1-6,9-12,23-26H,7-8,13-20H2,(H,29,32). The highest BCUT2D eigenvalue weighted by Gasteiger charge is 2.47. The molecule has 3 unspecified atom stereocenters. The first-order valence-corrected chi connectivity index (χ1v) is 12.6. The number of carbonyl (C=O) groups is 2. The van der Waals surface area contributed by atoms with Crippen LogP contribution >= 0.6 is 0 Å². The zero-order valence-electron chi connectivity index (χ0n) is 19.4. The van der Waals surface area contributed by atoms with E-state index in [1.807, 2.05) is 35.2 Å². The van der Waals surface area contributed by atoms with Gasteiger partial charge in [0.25, 0.3) is 5.91 Å². The molecule has 5 rings (SSSR count). The van der Waals surface area contributed by atoms with E-state index in [1.165, 1.54) is 12.0 Å². The third-order valence-corrected chi connectivity index (χ3v) is 7.83. The number of amides is 2. The van der Waals surface area contributed by atoms with Gasteiger partial charge in [0.2, 0.25) is 5.91 Å². The summed E-state index contributed by atoms with van der Waals surface area (Å²) in [6.45, 7) is 2.94. The number of nitrogens with one attached hydrogen (secondary N) is 1. The molecule has 1 aliphatic carbocycles. The van der Waals surface area contributed by atoms with Crippen LogP contribution in [0.3, 0.4) is 0 Å². The van der Waals surface area contributed by atoms with E-state index in [2.05, 4.69) is 40.5 Å². The predicted octanol–water partition coefficient (Wildman–Crippen LogP) is 4.24. The van der Waals surface area contributed by atoms with Gasteiger partial charge in [-0.15, -0.1) is 0 Å². The Hall–Kier alpha value is -2.66. The van der Waals surface area contributed by atoms with Crippen molar-refractivity contribution >= 4 is 11.8 Å². The summed E-state index contributed by atoms with van der Waals surface area (Å²) in [5.41, 5.74) is 2.03. The lowest BCUT2D eigenvalue weighted by Gasteiger charge is -2.35. The van der Waals surface area contributed by atoms with Crippen molar-refractivity contribution < 1.29 is 9.59 Å². The van der Waals surface area contributed by atoms with Gasteiger partial charge in [0.1, 0.15) is 6.04 Å². The molecule has 0 spiro atoms. The first-order chi connectivity index (χ1) is 16.2. The molecule has 1 saturated carbocycles. The highest BCUT2D eigenvalue weighted by Crippen LogP contribution is 2.40. The summed E-state index contributed by atoms with van der Waals surface area (Å²) in [4.78, 5) is 31.3. The molecular weight excluding hydrogens is 410 g/mol. The van der Waals surface area contributed by atoms with Crippen LogP contribution in [0.25, 0.3) is 0 Å². The van der Waals surface area contributed by atoms with Gasteiger partial charge in [0.05, 0.1) is 0 Å². The Bertz CT molecular complexity index is 940. The average Bonchev–Trinajstić information content (AvgIpc) is 3.26. The molecule has 5 nitrogen and oxygen atoms in total. The van der Waals surface area contributed by atoms with Crippen molar-refractivity contribution in [1.29, 1.82) is 0 Å². The third kappa shape index (κ3) is 4.98. The Labute approximate surface area is 197 Å². The van der Waals surface area contributed by atoms with E-state index < -0.39 is 0 Å². The normalized spacial score (nSPS) is 26.1. The summed E-state index contributed by atoms with van der Waals surface area (Å²) in [5.74, 6) is 0.521. The van der Waals surface area contributed by atoms with E-state index >= 15 is 0 Å². The van der Waals surface area contributed by atoms with Crippen LogP contribution in [-0.2, 0) is 11.3 Å². The summed E-state index contributed by atoms with van der Waals surface area (Å²) < 4.78 is 0. The maximum Gasteiger partial charge on any atom is 0.254 e. The Balaban J connectivity index is 1.22. The average molecular weight is 446 g/mol. The molecule has 0 bridgehead atoms. The molecule has 5 heteroatoms. The second kappa shape index (κ2) is 10.1. The van der Waals surface area contributed by atoms with Gasteiger partial charge in [-0.1, -0.05) is 61.4 Å². The molecular formula is C28H35N3O2. The topological polar surface area (TPSA) is 52.7 Å². The monoisotopic (exact) mass is 445 g/mol. The molecule has 174 valence electrons. The number of hydrogen-bond donors (Lipinski definition) is 1. The number of carbonyl (C=O) groups excluding carboxylic acids is 2. The minimum absolute atomic E-state index is 0.0165. The first-order valence-electron chi connectivity index (χ1n) is 12.6. The third-order valence-electron chi connectivity index (χ3n) is 7.83. The first kappa shape index (κ1) is 22.1. The smallest absolute Gasteiger partial charge is 0.254 e. The SMILES string of the molecule is O=C(NC1CCN(Cc2ccccc2)CC1)C1CC2CCCCC2N1C(=O)c1ccccc1. The van der Waals surface area contributed by atoms with Crippen molar-refractivity contribution in [3.8, 4) is 0 Å². The van der Waals surface area contributed by atoms with Crippen LogP contribution in [0.15, 0.2) is 60.7 Å². The number of benzene rings is 2. The van der Waals surface area contributed by atoms with Gasteiger partial charge in [-0.25, -0.2) is 0 Å². The Kier molecular flexibility index (Phi) is 6.77. The van der Waals surface area contributed by atoms with Gasteiger partial charge in [-0.3, -0.25) is 14.5 Å². The summed E-state index contributed by atoms with van der Waals surface area (Å²) >= 11 is 0. The van der Waals surface area contributed by atoms with Gasteiger partial charge in [-0.2, -0.15) is 0 Å². The van der Waals surface area contributed by atoms with Gasteiger partial charge in [0, 0.05) is 37.3 Å². The molecule has 3 fully saturated rings. The van der Waals surface area contributed by atoms with Crippen molar-refractivity contribution in [2.75, 3.05) is 13.1 Å². The van der Waals surface area contributed by atoms with Gasteiger partial charge >= 0.3 is 0 Å². The van der Waals surface area contributed by atoms with E-state index in [4.69, 9.17) is 0 Å². The molecule has 2 aliphatic heterocycles. The highest BCUT2D eigenvalue weighted by molar-refractivity contribution is 5.98. The number of hydrogen-bond acceptors (Lipinski definition) is 3. The van der Waals surface area contributed by atoms with Gasteiger partial charge < -0.3 is 10.2 Å². The van der Waals surface area contributed by atoms with Gasteiger partial charge in [0.15, 0.2) is 0 Å². The maximum atomic E-state index is 13.5. The molecule has 2 aromatic rings. The van der Waals surface area contributed by atoms with Crippen molar-refractivity contribution in [2.45, 2.75) is 69.6 Å². The van der Waals surface area contributed by atoms with Crippen LogP contribution in [-0.4, -0.2) is 52.8 Å².